The van der Waals surface area contributed by atoms with Gasteiger partial charge < -0.3 is 4.74 Å². The van der Waals surface area contributed by atoms with Crippen molar-refractivity contribution in [2.75, 3.05) is 6.61 Å². The molecule has 0 radical (unpaired) electrons. The zero-order chi connectivity index (χ0) is 23.5. The highest BCUT2D eigenvalue weighted by molar-refractivity contribution is 7.98. The number of ether oxygens (including phenoxy) is 1. The number of unbranched alkanes of at least 4 members (excludes halogenated alkanes) is 4. The largest absolute Gasteiger partial charge is 0.493 e. The Hall–Kier alpha value is -2.92. The second kappa shape index (κ2) is 12.9. The Kier molecular flexibility index (Phi) is 9.70. The summed E-state index contributed by atoms with van der Waals surface area (Å²) in [6.07, 6.45) is 7.77. The maximum Gasteiger partial charge on any atom is 0.234 e. The van der Waals surface area contributed by atoms with Crippen molar-refractivity contribution in [3.8, 4) is 5.75 Å². The van der Waals surface area contributed by atoms with Gasteiger partial charge in [-0.2, -0.15) is 0 Å². The summed E-state index contributed by atoms with van der Waals surface area (Å²) in [7, 11) is 0. The second-order valence-electron chi connectivity index (χ2n) is 7.95. The topological polar surface area (TPSA) is 56.3 Å². The molecule has 5 heteroatoms. The van der Waals surface area contributed by atoms with E-state index in [0.29, 0.717) is 23.5 Å². The maximum absolute atomic E-state index is 12.9. The van der Waals surface area contributed by atoms with Gasteiger partial charge in [0.1, 0.15) is 5.75 Å². The monoisotopic (exact) mass is 461 g/mol. The number of benzene rings is 2. The van der Waals surface area contributed by atoms with E-state index in [1.165, 1.54) is 37.4 Å². The fraction of sp³-hybridized carbons (Fsp3) is 0.321. The van der Waals surface area contributed by atoms with Crippen LogP contribution in [0.5, 0.6) is 5.75 Å². The van der Waals surface area contributed by atoms with Crippen molar-refractivity contribution in [3.63, 3.8) is 0 Å². The van der Waals surface area contributed by atoms with Crippen molar-refractivity contribution in [2.45, 2.75) is 56.6 Å². The Morgan fingerprint density at radius 1 is 0.879 bits per heavy atom. The SMILES string of the molecule is CCCCCCCOc1ccnc(CSc2ccccc2C(=O)C(=O)c2ccccc2)c1C. The van der Waals surface area contributed by atoms with Gasteiger partial charge in [0.2, 0.25) is 11.6 Å². The number of pyridine rings is 1. The number of carbonyl (C=O) groups is 2. The summed E-state index contributed by atoms with van der Waals surface area (Å²) in [4.78, 5) is 30.9. The highest BCUT2D eigenvalue weighted by atomic mass is 32.2. The van der Waals surface area contributed by atoms with Crippen LogP contribution in [0.3, 0.4) is 0 Å². The molecule has 0 saturated heterocycles. The summed E-state index contributed by atoms with van der Waals surface area (Å²) in [5, 5.41) is 0. The van der Waals surface area contributed by atoms with Crippen molar-refractivity contribution in [1.82, 2.24) is 4.98 Å². The molecule has 172 valence electrons. The van der Waals surface area contributed by atoms with Crippen molar-refractivity contribution < 1.29 is 14.3 Å². The molecule has 4 nitrogen and oxygen atoms in total. The minimum absolute atomic E-state index is 0.402. The fourth-order valence-corrected chi connectivity index (χ4v) is 4.59. The minimum atomic E-state index is -0.493. The molecule has 0 aliphatic rings. The molecule has 1 heterocycles. The predicted molar refractivity (Wildman–Crippen MR) is 134 cm³/mol. The number of aromatic nitrogens is 1. The number of carbonyl (C=O) groups excluding carboxylic acids is 2. The number of Topliss-reactive ketones (excluding diaryl/α,β-unsaturated/α-hetero) is 2. The molecule has 33 heavy (non-hydrogen) atoms. The van der Waals surface area contributed by atoms with Crippen molar-refractivity contribution >= 4 is 23.3 Å². The van der Waals surface area contributed by atoms with Crippen LogP contribution >= 0.6 is 11.8 Å². The van der Waals surface area contributed by atoms with E-state index in [4.69, 9.17) is 4.74 Å². The van der Waals surface area contributed by atoms with Crippen LogP contribution in [0.4, 0.5) is 0 Å². The molecular formula is C28H31NO3S. The third-order valence-electron chi connectivity index (χ3n) is 5.50. The van der Waals surface area contributed by atoms with E-state index in [1.54, 1.807) is 42.6 Å². The highest BCUT2D eigenvalue weighted by Gasteiger charge is 2.21. The van der Waals surface area contributed by atoms with E-state index in [0.717, 1.165) is 28.3 Å². The first kappa shape index (κ1) is 24.7. The van der Waals surface area contributed by atoms with E-state index < -0.39 is 11.6 Å². The number of nitrogens with zero attached hydrogens (tertiary/aromatic N) is 1. The smallest absolute Gasteiger partial charge is 0.234 e. The predicted octanol–water partition coefficient (Wildman–Crippen LogP) is 7.10. The van der Waals surface area contributed by atoms with Gasteiger partial charge in [-0.1, -0.05) is 75.1 Å². The Bertz CT molecular complexity index is 1070. The molecule has 0 fully saturated rings. The molecule has 0 spiro atoms. The van der Waals surface area contributed by atoms with Crippen LogP contribution in [0.2, 0.25) is 0 Å². The van der Waals surface area contributed by atoms with Crippen molar-refractivity contribution in [3.05, 3.63) is 89.2 Å². The summed E-state index contributed by atoms with van der Waals surface area (Å²) < 4.78 is 6.00. The lowest BCUT2D eigenvalue weighted by Crippen LogP contribution is -2.15. The van der Waals surface area contributed by atoms with Crippen LogP contribution in [0.1, 0.15) is 71.0 Å². The van der Waals surface area contributed by atoms with Crippen molar-refractivity contribution in [1.29, 1.82) is 0 Å². The van der Waals surface area contributed by atoms with Gasteiger partial charge in [0, 0.05) is 33.5 Å². The van der Waals surface area contributed by atoms with Crippen LogP contribution in [-0.4, -0.2) is 23.2 Å². The van der Waals surface area contributed by atoms with E-state index in [9.17, 15) is 9.59 Å². The quantitative estimate of drug-likeness (QED) is 0.118. The Balaban J connectivity index is 1.65. The lowest BCUT2D eigenvalue weighted by molar-refractivity contribution is 0.0815. The summed E-state index contributed by atoms with van der Waals surface area (Å²) in [6, 6.07) is 17.8. The first-order valence-corrected chi connectivity index (χ1v) is 12.5. The van der Waals surface area contributed by atoms with Gasteiger partial charge in [-0.05, 0) is 31.5 Å². The van der Waals surface area contributed by atoms with E-state index in [1.807, 2.05) is 31.2 Å². The number of ketones is 2. The number of hydrogen-bond acceptors (Lipinski definition) is 5. The fourth-order valence-electron chi connectivity index (χ4n) is 3.52. The van der Waals surface area contributed by atoms with Gasteiger partial charge in [0.05, 0.1) is 12.3 Å². The molecule has 3 aromatic rings. The number of rotatable bonds is 13. The molecule has 0 saturated carbocycles. The standard InChI is InChI=1S/C28H31NO3S/c1-3-4-5-6-12-19-32-25-17-18-29-24(21(25)2)20-33-26-16-11-10-15-23(26)28(31)27(30)22-13-8-7-9-14-22/h7-11,13-18H,3-6,12,19-20H2,1-2H3. The molecule has 0 amide bonds. The Labute approximate surface area is 200 Å². The van der Waals surface area contributed by atoms with Crippen LogP contribution in [0.15, 0.2) is 71.8 Å². The zero-order valence-electron chi connectivity index (χ0n) is 19.4. The lowest BCUT2D eigenvalue weighted by Gasteiger charge is -2.13. The van der Waals surface area contributed by atoms with Gasteiger partial charge in [-0.15, -0.1) is 11.8 Å². The Morgan fingerprint density at radius 3 is 2.39 bits per heavy atom. The van der Waals surface area contributed by atoms with Gasteiger partial charge in [-0.25, -0.2) is 0 Å². The average molecular weight is 462 g/mol. The second-order valence-corrected chi connectivity index (χ2v) is 8.97. The van der Waals surface area contributed by atoms with Crippen LogP contribution in [0.25, 0.3) is 0 Å². The van der Waals surface area contributed by atoms with Crippen LogP contribution < -0.4 is 4.74 Å². The minimum Gasteiger partial charge on any atom is -0.493 e. The summed E-state index contributed by atoms with van der Waals surface area (Å²) in [5.41, 5.74) is 2.76. The highest BCUT2D eigenvalue weighted by Crippen LogP contribution is 2.30. The van der Waals surface area contributed by atoms with Gasteiger partial charge in [0.15, 0.2) is 0 Å². The lowest BCUT2D eigenvalue weighted by atomic mass is 10.0. The summed E-state index contributed by atoms with van der Waals surface area (Å²) in [5.74, 6) is 0.463. The number of thioether (sulfide) groups is 1. The average Bonchev–Trinajstić information content (AvgIpc) is 2.86. The molecule has 0 unspecified atom stereocenters. The molecule has 2 aromatic carbocycles. The van der Waals surface area contributed by atoms with Gasteiger partial charge in [0.25, 0.3) is 0 Å². The molecule has 0 aliphatic carbocycles. The van der Waals surface area contributed by atoms with Gasteiger partial charge >= 0.3 is 0 Å². The third kappa shape index (κ3) is 7.03. The van der Waals surface area contributed by atoms with E-state index in [-0.39, 0.29) is 0 Å². The van der Waals surface area contributed by atoms with Gasteiger partial charge in [-0.3, -0.25) is 14.6 Å². The molecule has 0 N–H and O–H groups in total. The molecule has 3 rings (SSSR count). The molecule has 0 atom stereocenters. The Morgan fingerprint density at radius 2 is 1.61 bits per heavy atom. The van der Waals surface area contributed by atoms with E-state index >= 15 is 0 Å². The molecule has 1 aromatic heterocycles. The molecular weight excluding hydrogens is 430 g/mol. The van der Waals surface area contributed by atoms with Crippen LogP contribution in [0, 0.1) is 6.92 Å². The normalized spacial score (nSPS) is 10.7. The van der Waals surface area contributed by atoms with Crippen LogP contribution in [-0.2, 0) is 5.75 Å². The van der Waals surface area contributed by atoms with E-state index in [2.05, 4.69) is 11.9 Å². The maximum atomic E-state index is 12.9. The third-order valence-corrected chi connectivity index (χ3v) is 6.59. The summed E-state index contributed by atoms with van der Waals surface area (Å²) in [6.45, 7) is 4.94. The zero-order valence-corrected chi connectivity index (χ0v) is 20.2. The number of hydrogen-bond donors (Lipinski definition) is 0. The van der Waals surface area contributed by atoms with Crippen molar-refractivity contribution in [2.24, 2.45) is 0 Å². The first-order valence-electron chi connectivity index (χ1n) is 11.5. The molecule has 0 aliphatic heterocycles. The first-order chi connectivity index (χ1) is 16.1. The molecule has 0 bridgehead atoms. The summed E-state index contributed by atoms with van der Waals surface area (Å²) >= 11 is 1.51.